The third kappa shape index (κ3) is 5.51. The van der Waals surface area contributed by atoms with Gasteiger partial charge in [0.05, 0.1) is 0 Å². The van der Waals surface area contributed by atoms with E-state index in [-0.39, 0.29) is 41.5 Å². The molecule has 4 heterocycles. The zero-order chi connectivity index (χ0) is 28.8. The molecule has 3 atom stereocenters. The molecule has 3 fully saturated rings. The number of amides is 5. The predicted octanol–water partition coefficient (Wildman–Crippen LogP) is 2.29. The fourth-order valence-electron chi connectivity index (χ4n) is 6.62. The van der Waals surface area contributed by atoms with Gasteiger partial charge in [0.1, 0.15) is 6.04 Å². The fraction of sp³-hybridized carbons (Fsp3) is 0.621. The van der Waals surface area contributed by atoms with E-state index in [0.29, 0.717) is 70.5 Å². The number of nitrogens with zero attached hydrogens (tertiary/aromatic N) is 4. The van der Waals surface area contributed by atoms with Crippen LogP contribution in [0, 0.1) is 11.3 Å². The SMILES string of the molecule is CC(C)(C)C1CC(CC(=O)N2CCN(c3ccc4c(c3)CN(C3CCC(=O)NC3=O)C4=O)CC2)CCN1C(=O)O. The van der Waals surface area contributed by atoms with Gasteiger partial charge in [0.2, 0.25) is 17.7 Å². The summed E-state index contributed by atoms with van der Waals surface area (Å²) in [5.74, 6) is -0.607. The molecule has 3 unspecified atom stereocenters. The van der Waals surface area contributed by atoms with Crippen molar-refractivity contribution >= 4 is 35.4 Å². The van der Waals surface area contributed by atoms with Crippen molar-refractivity contribution in [1.29, 1.82) is 0 Å². The number of hydrogen-bond donors (Lipinski definition) is 2. The quantitative estimate of drug-likeness (QED) is 0.547. The molecule has 0 spiro atoms. The molecule has 40 heavy (non-hydrogen) atoms. The Kier molecular flexibility index (Phi) is 7.50. The van der Waals surface area contributed by atoms with Crippen LogP contribution in [-0.2, 0) is 20.9 Å². The summed E-state index contributed by atoms with van der Waals surface area (Å²) in [4.78, 5) is 69.0. The number of imide groups is 1. The van der Waals surface area contributed by atoms with Crippen LogP contribution in [0.5, 0.6) is 0 Å². The zero-order valence-electron chi connectivity index (χ0n) is 23.5. The first-order valence-electron chi connectivity index (χ1n) is 14.2. The van der Waals surface area contributed by atoms with Gasteiger partial charge in [0.15, 0.2) is 0 Å². The van der Waals surface area contributed by atoms with E-state index in [1.807, 2.05) is 23.1 Å². The monoisotopic (exact) mass is 553 g/mol. The van der Waals surface area contributed by atoms with Gasteiger partial charge in [-0.05, 0) is 54.4 Å². The van der Waals surface area contributed by atoms with E-state index in [1.165, 1.54) is 4.90 Å². The highest BCUT2D eigenvalue weighted by atomic mass is 16.4. The molecule has 216 valence electrons. The average molecular weight is 554 g/mol. The molecule has 2 N–H and O–H groups in total. The van der Waals surface area contributed by atoms with Crippen molar-refractivity contribution in [3.63, 3.8) is 0 Å². The summed E-state index contributed by atoms with van der Waals surface area (Å²) in [5, 5.41) is 12.0. The maximum absolute atomic E-state index is 13.2. The highest BCUT2D eigenvalue weighted by molar-refractivity contribution is 6.05. The molecule has 0 radical (unpaired) electrons. The molecule has 0 saturated carbocycles. The first-order chi connectivity index (χ1) is 18.9. The Morgan fingerprint density at radius 1 is 1.02 bits per heavy atom. The van der Waals surface area contributed by atoms with Crippen LogP contribution >= 0.6 is 0 Å². The Bertz CT molecular complexity index is 1220. The smallest absolute Gasteiger partial charge is 0.407 e. The zero-order valence-corrected chi connectivity index (χ0v) is 23.5. The molecule has 4 aliphatic rings. The molecule has 1 aromatic carbocycles. The van der Waals surface area contributed by atoms with Crippen molar-refractivity contribution in [1.82, 2.24) is 20.0 Å². The molecule has 11 heteroatoms. The van der Waals surface area contributed by atoms with Gasteiger partial charge in [0.25, 0.3) is 5.91 Å². The summed E-state index contributed by atoms with van der Waals surface area (Å²) in [6.07, 6.45) is 1.52. The number of hydrogen-bond acceptors (Lipinski definition) is 6. The number of benzene rings is 1. The molecular weight excluding hydrogens is 514 g/mol. The largest absolute Gasteiger partial charge is 0.465 e. The third-order valence-corrected chi connectivity index (χ3v) is 8.92. The summed E-state index contributed by atoms with van der Waals surface area (Å²) >= 11 is 0. The Hall–Kier alpha value is -3.63. The maximum atomic E-state index is 13.2. The minimum absolute atomic E-state index is 0.106. The van der Waals surface area contributed by atoms with E-state index >= 15 is 0 Å². The Balaban J connectivity index is 1.16. The van der Waals surface area contributed by atoms with Crippen molar-refractivity contribution in [3.8, 4) is 0 Å². The topological polar surface area (TPSA) is 131 Å². The minimum atomic E-state index is -0.888. The number of carbonyl (C=O) groups is 5. The summed E-state index contributed by atoms with van der Waals surface area (Å²) in [7, 11) is 0. The number of carbonyl (C=O) groups excluding carboxylic acids is 4. The van der Waals surface area contributed by atoms with Crippen LogP contribution in [0.25, 0.3) is 0 Å². The van der Waals surface area contributed by atoms with E-state index in [4.69, 9.17) is 0 Å². The van der Waals surface area contributed by atoms with Gasteiger partial charge in [-0.1, -0.05) is 20.8 Å². The normalized spacial score (nSPS) is 25.7. The number of rotatable bonds is 4. The fourth-order valence-corrected chi connectivity index (χ4v) is 6.62. The van der Waals surface area contributed by atoms with Crippen LogP contribution in [0.15, 0.2) is 18.2 Å². The van der Waals surface area contributed by atoms with Crippen LogP contribution < -0.4 is 10.2 Å². The lowest BCUT2D eigenvalue weighted by Gasteiger charge is -2.45. The van der Waals surface area contributed by atoms with E-state index < -0.39 is 18.0 Å². The summed E-state index contributed by atoms with van der Waals surface area (Å²) in [6, 6.07) is 4.99. The molecule has 0 aliphatic carbocycles. The first-order valence-corrected chi connectivity index (χ1v) is 14.2. The highest BCUT2D eigenvalue weighted by Gasteiger charge is 2.41. The number of fused-ring (bicyclic) bond motifs is 1. The molecule has 5 rings (SSSR count). The number of piperidine rings is 2. The molecule has 3 saturated heterocycles. The summed E-state index contributed by atoms with van der Waals surface area (Å²) in [6.45, 7) is 9.53. The Morgan fingerprint density at radius 3 is 2.40 bits per heavy atom. The average Bonchev–Trinajstić information content (AvgIpc) is 3.23. The van der Waals surface area contributed by atoms with E-state index in [2.05, 4.69) is 31.0 Å². The van der Waals surface area contributed by atoms with Crippen molar-refractivity contribution in [3.05, 3.63) is 29.3 Å². The van der Waals surface area contributed by atoms with Crippen LogP contribution in [0.2, 0.25) is 0 Å². The lowest BCUT2D eigenvalue weighted by Crippen LogP contribution is -2.53. The van der Waals surface area contributed by atoms with Gasteiger partial charge in [-0.15, -0.1) is 0 Å². The molecule has 0 aromatic heterocycles. The molecule has 1 aromatic rings. The number of piperazine rings is 1. The van der Waals surface area contributed by atoms with E-state index in [1.54, 1.807) is 4.90 Å². The van der Waals surface area contributed by atoms with Crippen molar-refractivity contribution in [2.24, 2.45) is 11.3 Å². The van der Waals surface area contributed by atoms with E-state index in [0.717, 1.165) is 11.3 Å². The number of anilines is 1. The second kappa shape index (κ2) is 10.7. The van der Waals surface area contributed by atoms with E-state index in [9.17, 15) is 29.1 Å². The van der Waals surface area contributed by atoms with Gasteiger partial charge < -0.3 is 24.7 Å². The highest BCUT2D eigenvalue weighted by Crippen LogP contribution is 2.36. The van der Waals surface area contributed by atoms with Crippen molar-refractivity contribution in [2.75, 3.05) is 37.6 Å². The minimum Gasteiger partial charge on any atom is -0.465 e. The number of likely N-dealkylation sites (tertiary alicyclic amines) is 1. The van der Waals surface area contributed by atoms with Crippen molar-refractivity contribution < 1.29 is 29.1 Å². The lowest BCUT2D eigenvalue weighted by atomic mass is 9.76. The van der Waals surface area contributed by atoms with Gasteiger partial charge >= 0.3 is 6.09 Å². The predicted molar refractivity (Wildman–Crippen MR) is 147 cm³/mol. The number of nitrogens with one attached hydrogen (secondary N) is 1. The molecular formula is C29H39N5O6. The second-order valence-electron chi connectivity index (χ2n) is 12.6. The molecule has 5 amide bonds. The van der Waals surface area contributed by atoms with Crippen LogP contribution in [-0.4, -0.2) is 94.3 Å². The Morgan fingerprint density at radius 2 is 1.75 bits per heavy atom. The van der Waals surface area contributed by atoms with Crippen molar-refractivity contribution in [2.45, 2.75) is 71.5 Å². The van der Waals surface area contributed by atoms with Gasteiger partial charge in [0, 0.05) is 69.4 Å². The summed E-state index contributed by atoms with van der Waals surface area (Å²) < 4.78 is 0. The maximum Gasteiger partial charge on any atom is 0.407 e. The van der Waals surface area contributed by atoms with Crippen LogP contribution in [0.1, 0.15) is 68.8 Å². The lowest BCUT2D eigenvalue weighted by molar-refractivity contribution is -0.137. The molecule has 4 aliphatic heterocycles. The molecule has 0 bridgehead atoms. The van der Waals surface area contributed by atoms with Gasteiger partial charge in [-0.3, -0.25) is 24.5 Å². The van der Waals surface area contributed by atoms with Gasteiger partial charge in [-0.2, -0.15) is 0 Å². The van der Waals surface area contributed by atoms with Crippen LogP contribution in [0.4, 0.5) is 10.5 Å². The summed E-state index contributed by atoms with van der Waals surface area (Å²) in [5.41, 5.74) is 2.25. The third-order valence-electron chi connectivity index (χ3n) is 8.92. The standard InChI is InChI=1S/C29H39N5O6/c1-29(2,3)23-14-18(8-9-33(23)28(39)40)15-25(36)32-12-10-31(11-13-32)20-4-5-21-19(16-20)17-34(27(21)38)22-6-7-24(35)30-26(22)37/h4-5,16,18,22-23H,6-15,17H2,1-3H3,(H,39,40)(H,30,35,37). The van der Waals surface area contributed by atoms with Crippen LogP contribution in [0.3, 0.4) is 0 Å². The first kappa shape index (κ1) is 27.9. The number of carboxylic acid groups (broad SMARTS) is 1. The Labute approximate surface area is 234 Å². The van der Waals surface area contributed by atoms with Gasteiger partial charge in [-0.25, -0.2) is 4.79 Å². The second-order valence-corrected chi connectivity index (χ2v) is 12.6. The molecule has 11 nitrogen and oxygen atoms in total.